The topological polar surface area (TPSA) is 56.1 Å². The number of terminal acetylenes is 1. The lowest BCUT2D eigenvalue weighted by Gasteiger charge is -2.23. The van der Waals surface area contributed by atoms with Gasteiger partial charge in [-0.05, 0) is 35.9 Å². The fourth-order valence-electron chi connectivity index (χ4n) is 3.23. The van der Waals surface area contributed by atoms with E-state index in [0.29, 0.717) is 17.3 Å². The van der Waals surface area contributed by atoms with Crippen molar-refractivity contribution >= 4 is 11.7 Å². The number of fused-ring (bicyclic) bond motifs is 1. The summed E-state index contributed by atoms with van der Waals surface area (Å²) in [4.78, 5) is 16.8. The van der Waals surface area contributed by atoms with E-state index in [0.717, 1.165) is 11.3 Å². The maximum Gasteiger partial charge on any atom is 0.226 e. The summed E-state index contributed by atoms with van der Waals surface area (Å²) in [6.07, 6.45) is 7.09. The molecule has 0 unspecified atom stereocenters. The zero-order chi connectivity index (χ0) is 18.8. The van der Waals surface area contributed by atoms with E-state index in [4.69, 9.17) is 11.2 Å². The molecule has 1 aromatic heterocycles. The molecule has 0 spiro atoms. The van der Waals surface area contributed by atoms with Crippen LogP contribution in [-0.4, -0.2) is 22.1 Å². The van der Waals surface area contributed by atoms with E-state index in [1.807, 2.05) is 24.3 Å². The SMILES string of the molecule is C#CCOc1ccc([C@H]2CC(=O)Nc3c2ncn3-c2cccc(F)c2)cc1. The molecule has 1 amide bonds. The predicted molar refractivity (Wildman–Crippen MR) is 99.4 cm³/mol. The van der Waals surface area contributed by atoms with Crippen molar-refractivity contribution in [1.29, 1.82) is 0 Å². The van der Waals surface area contributed by atoms with Gasteiger partial charge < -0.3 is 10.1 Å². The van der Waals surface area contributed by atoms with Crippen LogP contribution in [0.5, 0.6) is 5.75 Å². The number of hydrogen-bond acceptors (Lipinski definition) is 3. The van der Waals surface area contributed by atoms with Gasteiger partial charge in [0.05, 0.1) is 11.4 Å². The number of amides is 1. The van der Waals surface area contributed by atoms with Crippen molar-refractivity contribution in [2.24, 2.45) is 0 Å². The van der Waals surface area contributed by atoms with Gasteiger partial charge in [-0.15, -0.1) is 6.42 Å². The van der Waals surface area contributed by atoms with Gasteiger partial charge in [-0.1, -0.05) is 24.1 Å². The third-order valence-electron chi connectivity index (χ3n) is 4.46. The first-order valence-corrected chi connectivity index (χ1v) is 8.45. The molecule has 6 heteroatoms. The molecule has 2 aromatic carbocycles. The van der Waals surface area contributed by atoms with Gasteiger partial charge in [-0.3, -0.25) is 9.36 Å². The highest BCUT2D eigenvalue weighted by Gasteiger charge is 2.31. The van der Waals surface area contributed by atoms with Crippen molar-refractivity contribution < 1.29 is 13.9 Å². The maximum atomic E-state index is 13.6. The Bertz CT molecular complexity index is 1030. The van der Waals surface area contributed by atoms with Crippen molar-refractivity contribution in [3.05, 3.63) is 71.9 Å². The molecule has 0 aliphatic carbocycles. The molecule has 0 fully saturated rings. The number of carbonyl (C=O) groups excluding carboxylic acids is 1. The van der Waals surface area contributed by atoms with Crippen LogP contribution in [0.25, 0.3) is 5.69 Å². The van der Waals surface area contributed by atoms with Crippen molar-refractivity contribution in [2.45, 2.75) is 12.3 Å². The summed E-state index contributed by atoms with van der Waals surface area (Å²) in [5.74, 6) is 3.00. The van der Waals surface area contributed by atoms with E-state index in [-0.39, 0.29) is 30.7 Å². The van der Waals surface area contributed by atoms with Crippen molar-refractivity contribution in [2.75, 3.05) is 11.9 Å². The molecule has 27 heavy (non-hydrogen) atoms. The smallest absolute Gasteiger partial charge is 0.226 e. The van der Waals surface area contributed by atoms with Gasteiger partial charge in [0, 0.05) is 12.3 Å². The van der Waals surface area contributed by atoms with E-state index >= 15 is 0 Å². The number of carbonyl (C=O) groups is 1. The van der Waals surface area contributed by atoms with Gasteiger partial charge in [0.2, 0.25) is 5.91 Å². The molecule has 0 bridgehead atoms. The summed E-state index contributed by atoms with van der Waals surface area (Å²) >= 11 is 0. The molecule has 5 nitrogen and oxygen atoms in total. The summed E-state index contributed by atoms with van der Waals surface area (Å²) in [7, 11) is 0. The third-order valence-corrected chi connectivity index (χ3v) is 4.46. The summed E-state index contributed by atoms with van der Waals surface area (Å²) in [5.41, 5.74) is 2.29. The standard InChI is InChI=1S/C21H16FN3O2/c1-2-10-27-17-8-6-14(7-9-17)18-12-19(26)24-21-20(18)23-13-25(21)16-5-3-4-15(22)11-16/h1,3-9,11,13,18H,10,12H2,(H,24,26)/t18-/m1/s1. The van der Waals surface area contributed by atoms with E-state index in [1.54, 1.807) is 23.0 Å². The lowest BCUT2D eigenvalue weighted by atomic mass is 9.90. The van der Waals surface area contributed by atoms with Crippen LogP contribution in [0.4, 0.5) is 10.2 Å². The highest BCUT2D eigenvalue weighted by molar-refractivity contribution is 5.94. The number of aromatic nitrogens is 2. The van der Waals surface area contributed by atoms with Gasteiger partial charge in [0.1, 0.15) is 30.3 Å². The Labute approximate surface area is 155 Å². The molecule has 134 valence electrons. The molecule has 0 saturated heterocycles. The largest absolute Gasteiger partial charge is 0.481 e. The van der Waals surface area contributed by atoms with E-state index in [1.165, 1.54) is 12.1 Å². The predicted octanol–water partition coefficient (Wildman–Crippen LogP) is 3.50. The van der Waals surface area contributed by atoms with Crippen LogP contribution >= 0.6 is 0 Å². The summed E-state index contributed by atoms with van der Waals surface area (Å²) in [5, 5.41) is 2.86. The molecule has 1 N–H and O–H groups in total. The Morgan fingerprint density at radius 3 is 2.85 bits per heavy atom. The van der Waals surface area contributed by atoms with Gasteiger partial charge >= 0.3 is 0 Å². The molecule has 1 aliphatic rings. The first kappa shape index (κ1) is 16.9. The van der Waals surface area contributed by atoms with Crippen LogP contribution < -0.4 is 10.1 Å². The Morgan fingerprint density at radius 1 is 1.30 bits per heavy atom. The average molecular weight is 361 g/mol. The Balaban J connectivity index is 1.70. The molecule has 0 saturated carbocycles. The summed E-state index contributed by atoms with van der Waals surface area (Å²) in [6.45, 7) is 0.202. The average Bonchev–Trinajstić information content (AvgIpc) is 3.10. The molecule has 1 aliphatic heterocycles. The Morgan fingerprint density at radius 2 is 2.11 bits per heavy atom. The second-order valence-corrected chi connectivity index (χ2v) is 6.20. The van der Waals surface area contributed by atoms with Gasteiger partial charge in [0.15, 0.2) is 0 Å². The number of nitrogens with zero attached hydrogens (tertiary/aromatic N) is 2. The number of anilines is 1. The fourth-order valence-corrected chi connectivity index (χ4v) is 3.23. The van der Waals surface area contributed by atoms with Crippen molar-refractivity contribution in [3.8, 4) is 23.8 Å². The second kappa shape index (κ2) is 6.96. The van der Waals surface area contributed by atoms with E-state index in [2.05, 4.69) is 16.2 Å². The minimum Gasteiger partial charge on any atom is -0.481 e. The normalized spacial score (nSPS) is 15.6. The molecule has 2 heterocycles. The first-order valence-electron chi connectivity index (χ1n) is 8.45. The quantitative estimate of drug-likeness (QED) is 0.724. The molecular weight excluding hydrogens is 345 g/mol. The minimum atomic E-state index is -0.351. The number of halogens is 1. The molecular formula is C21H16FN3O2. The van der Waals surface area contributed by atoms with Crippen LogP contribution in [0.3, 0.4) is 0 Å². The number of imidazole rings is 1. The lowest BCUT2D eigenvalue weighted by Crippen LogP contribution is -2.24. The number of ether oxygens (including phenoxy) is 1. The van der Waals surface area contributed by atoms with Crippen LogP contribution in [0, 0.1) is 18.2 Å². The highest BCUT2D eigenvalue weighted by atomic mass is 19.1. The van der Waals surface area contributed by atoms with Crippen molar-refractivity contribution in [3.63, 3.8) is 0 Å². The van der Waals surface area contributed by atoms with Crippen LogP contribution in [0.15, 0.2) is 54.9 Å². The molecule has 3 aromatic rings. The zero-order valence-electron chi connectivity index (χ0n) is 14.4. The van der Waals surface area contributed by atoms with Crippen LogP contribution in [0.2, 0.25) is 0 Å². The first-order chi connectivity index (χ1) is 13.2. The minimum absolute atomic E-state index is 0.113. The number of benzene rings is 2. The van der Waals surface area contributed by atoms with Gasteiger partial charge in [-0.2, -0.15) is 0 Å². The van der Waals surface area contributed by atoms with E-state index < -0.39 is 0 Å². The number of rotatable bonds is 4. The van der Waals surface area contributed by atoms with Crippen LogP contribution in [0.1, 0.15) is 23.6 Å². The summed E-state index contributed by atoms with van der Waals surface area (Å²) < 4.78 is 20.7. The monoisotopic (exact) mass is 361 g/mol. The lowest BCUT2D eigenvalue weighted by molar-refractivity contribution is -0.116. The Kier molecular flexibility index (Phi) is 4.35. The number of nitrogens with one attached hydrogen (secondary N) is 1. The third kappa shape index (κ3) is 3.27. The molecule has 4 rings (SSSR count). The molecule has 0 radical (unpaired) electrons. The highest BCUT2D eigenvalue weighted by Crippen LogP contribution is 2.37. The van der Waals surface area contributed by atoms with Crippen LogP contribution in [-0.2, 0) is 4.79 Å². The zero-order valence-corrected chi connectivity index (χ0v) is 14.4. The van der Waals surface area contributed by atoms with Gasteiger partial charge in [-0.25, -0.2) is 9.37 Å². The summed E-state index contributed by atoms with van der Waals surface area (Å²) in [6, 6.07) is 13.6. The van der Waals surface area contributed by atoms with E-state index in [9.17, 15) is 9.18 Å². The Hall–Kier alpha value is -3.59. The maximum absolute atomic E-state index is 13.6. The molecule has 1 atom stereocenters. The van der Waals surface area contributed by atoms with Gasteiger partial charge in [0.25, 0.3) is 0 Å². The second-order valence-electron chi connectivity index (χ2n) is 6.20. The number of hydrogen-bond donors (Lipinski definition) is 1. The van der Waals surface area contributed by atoms with Crippen molar-refractivity contribution in [1.82, 2.24) is 9.55 Å². The fraction of sp³-hybridized carbons (Fsp3) is 0.143.